The van der Waals surface area contributed by atoms with E-state index in [1.165, 1.54) is 0 Å². The molecule has 2 aromatic rings. The Labute approximate surface area is 122 Å². The highest BCUT2D eigenvalue weighted by molar-refractivity contribution is 9.10. The third-order valence-corrected chi connectivity index (χ3v) is 3.58. The van der Waals surface area contributed by atoms with E-state index in [2.05, 4.69) is 31.9 Å². The minimum atomic E-state index is 0.708. The Morgan fingerprint density at radius 1 is 1.06 bits per heavy atom. The summed E-state index contributed by atoms with van der Waals surface area (Å²) in [5.41, 5.74) is 1.03. The van der Waals surface area contributed by atoms with Crippen molar-refractivity contribution in [3.05, 3.63) is 57.5 Å². The monoisotopic (exact) mass is 374 g/mol. The van der Waals surface area contributed by atoms with Gasteiger partial charge in [-0.25, -0.2) is 0 Å². The predicted molar refractivity (Wildman–Crippen MR) is 78.3 cm³/mol. The van der Waals surface area contributed by atoms with Crippen LogP contribution in [0.4, 0.5) is 0 Å². The van der Waals surface area contributed by atoms with Crippen LogP contribution in [-0.4, -0.2) is 0 Å². The lowest BCUT2D eigenvalue weighted by atomic mass is 10.2. The lowest BCUT2D eigenvalue weighted by molar-refractivity contribution is 0.478. The molecule has 0 N–H and O–H groups in total. The Morgan fingerprint density at radius 3 is 2.41 bits per heavy atom. The second-order valence-electron chi connectivity index (χ2n) is 3.44. The minimum Gasteiger partial charge on any atom is -0.457 e. The lowest BCUT2D eigenvalue weighted by Crippen LogP contribution is -1.89. The molecule has 0 aromatic heterocycles. The van der Waals surface area contributed by atoms with E-state index in [9.17, 15) is 0 Å². The van der Waals surface area contributed by atoms with E-state index in [0.717, 1.165) is 21.5 Å². The number of benzene rings is 2. The second-order valence-corrected chi connectivity index (χ2v) is 5.35. The van der Waals surface area contributed by atoms with Gasteiger partial charge in [-0.15, -0.1) is 0 Å². The Kier molecular flexibility index (Phi) is 4.48. The van der Waals surface area contributed by atoms with E-state index in [4.69, 9.17) is 16.3 Å². The summed E-state index contributed by atoms with van der Waals surface area (Å²) in [6.07, 6.45) is 0. The molecule has 17 heavy (non-hydrogen) atoms. The number of hydrogen-bond acceptors (Lipinski definition) is 1. The van der Waals surface area contributed by atoms with Gasteiger partial charge < -0.3 is 4.74 Å². The molecule has 0 aliphatic carbocycles. The first-order valence-electron chi connectivity index (χ1n) is 4.97. The molecule has 1 nitrogen and oxygen atoms in total. The zero-order valence-corrected chi connectivity index (χ0v) is 12.7. The van der Waals surface area contributed by atoms with Crippen LogP contribution in [0.3, 0.4) is 0 Å². The quantitative estimate of drug-likeness (QED) is 0.616. The van der Waals surface area contributed by atoms with Crippen LogP contribution in [0.2, 0.25) is 5.02 Å². The molecule has 0 spiro atoms. The summed E-state index contributed by atoms with van der Waals surface area (Å²) < 4.78 is 6.83. The largest absolute Gasteiger partial charge is 0.457 e. The smallest absolute Gasteiger partial charge is 0.131 e. The summed E-state index contributed by atoms with van der Waals surface area (Å²) in [6.45, 7) is 0. The average molecular weight is 376 g/mol. The molecule has 0 amide bonds. The lowest BCUT2D eigenvalue weighted by Gasteiger charge is -2.10. The molecular formula is C13H9Br2ClO. The highest BCUT2D eigenvalue weighted by Crippen LogP contribution is 2.29. The maximum Gasteiger partial charge on any atom is 0.131 e. The molecule has 0 atom stereocenters. The molecule has 0 heterocycles. The van der Waals surface area contributed by atoms with E-state index in [1.54, 1.807) is 0 Å². The first-order chi connectivity index (χ1) is 8.19. The maximum atomic E-state index is 5.94. The number of ether oxygens (including phenoxy) is 1. The molecule has 0 radical (unpaired) electrons. The fourth-order valence-corrected chi connectivity index (χ4v) is 2.28. The molecule has 0 bridgehead atoms. The fraction of sp³-hybridized carbons (Fsp3) is 0.0769. The number of halogens is 3. The van der Waals surface area contributed by atoms with E-state index >= 15 is 0 Å². The molecular weight excluding hydrogens is 367 g/mol. The van der Waals surface area contributed by atoms with Gasteiger partial charge >= 0.3 is 0 Å². The normalized spacial score (nSPS) is 10.3. The van der Waals surface area contributed by atoms with Gasteiger partial charge in [-0.2, -0.15) is 0 Å². The third-order valence-electron chi connectivity index (χ3n) is 2.21. The van der Waals surface area contributed by atoms with Gasteiger partial charge in [0.25, 0.3) is 0 Å². The van der Waals surface area contributed by atoms with Gasteiger partial charge in [-0.05, 0) is 42.5 Å². The van der Waals surface area contributed by atoms with Crippen LogP contribution < -0.4 is 4.74 Å². The van der Waals surface area contributed by atoms with E-state index in [0.29, 0.717) is 10.4 Å². The van der Waals surface area contributed by atoms with Gasteiger partial charge in [0.05, 0.1) is 0 Å². The van der Waals surface area contributed by atoms with Gasteiger partial charge in [-0.3, -0.25) is 0 Å². The zero-order valence-electron chi connectivity index (χ0n) is 8.79. The van der Waals surface area contributed by atoms with Crippen LogP contribution in [0, 0.1) is 0 Å². The maximum absolute atomic E-state index is 5.94. The van der Waals surface area contributed by atoms with E-state index in [-0.39, 0.29) is 0 Å². The first-order valence-corrected chi connectivity index (χ1v) is 7.26. The van der Waals surface area contributed by atoms with Crippen molar-refractivity contribution in [2.75, 3.05) is 0 Å². The highest BCUT2D eigenvalue weighted by Gasteiger charge is 2.04. The van der Waals surface area contributed by atoms with Gasteiger partial charge in [0, 0.05) is 20.4 Å². The average Bonchev–Trinajstić information content (AvgIpc) is 2.34. The van der Waals surface area contributed by atoms with Crippen molar-refractivity contribution in [3.8, 4) is 11.5 Å². The summed E-state index contributed by atoms with van der Waals surface area (Å²) in [5, 5.41) is 1.42. The standard InChI is InChI=1S/C13H9Br2ClO/c14-8-9-7-11(16)3-6-13(9)17-12-4-1-10(15)2-5-12/h1-7H,8H2. The van der Waals surface area contributed by atoms with Gasteiger partial charge in [0.1, 0.15) is 11.5 Å². The van der Waals surface area contributed by atoms with Crippen molar-refractivity contribution >= 4 is 43.5 Å². The topological polar surface area (TPSA) is 9.23 Å². The molecule has 88 valence electrons. The Hall–Kier alpha value is -0.510. The van der Waals surface area contributed by atoms with Crippen LogP contribution in [0.1, 0.15) is 5.56 Å². The number of rotatable bonds is 3. The Morgan fingerprint density at radius 2 is 1.76 bits per heavy atom. The second kappa shape index (κ2) is 5.89. The van der Waals surface area contributed by atoms with Crippen molar-refractivity contribution in [1.29, 1.82) is 0 Å². The molecule has 0 aliphatic heterocycles. The number of alkyl halides is 1. The fourth-order valence-electron chi connectivity index (χ4n) is 1.38. The van der Waals surface area contributed by atoms with Gasteiger partial charge in [0.15, 0.2) is 0 Å². The van der Waals surface area contributed by atoms with Crippen LogP contribution in [0.15, 0.2) is 46.9 Å². The van der Waals surface area contributed by atoms with Gasteiger partial charge in [-0.1, -0.05) is 43.5 Å². The molecule has 0 fully saturated rings. The molecule has 0 aliphatic rings. The highest BCUT2D eigenvalue weighted by atomic mass is 79.9. The minimum absolute atomic E-state index is 0.708. The van der Waals surface area contributed by atoms with Crippen LogP contribution in [0.25, 0.3) is 0 Å². The predicted octanol–water partition coefficient (Wildman–Crippen LogP) is 5.79. The number of hydrogen-bond donors (Lipinski definition) is 0. The van der Waals surface area contributed by atoms with Crippen LogP contribution >= 0.6 is 43.5 Å². The van der Waals surface area contributed by atoms with Crippen molar-refractivity contribution in [3.63, 3.8) is 0 Å². The van der Waals surface area contributed by atoms with Crippen molar-refractivity contribution in [2.24, 2.45) is 0 Å². The first kappa shape index (κ1) is 12.9. The summed E-state index contributed by atoms with van der Waals surface area (Å²) in [6, 6.07) is 13.3. The molecule has 2 aromatic carbocycles. The molecule has 2 rings (SSSR count). The molecule has 0 saturated heterocycles. The van der Waals surface area contributed by atoms with Crippen molar-refractivity contribution in [2.45, 2.75) is 5.33 Å². The van der Waals surface area contributed by atoms with E-state index in [1.807, 2.05) is 42.5 Å². The van der Waals surface area contributed by atoms with Crippen LogP contribution in [-0.2, 0) is 5.33 Å². The van der Waals surface area contributed by atoms with E-state index < -0.39 is 0 Å². The Balaban J connectivity index is 2.26. The molecule has 0 saturated carbocycles. The zero-order chi connectivity index (χ0) is 12.3. The SMILES string of the molecule is Clc1ccc(Oc2ccc(Br)cc2)c(CBr)c1. The third kappa shape index (κ3) is 3.47. The molecule has 0 unspecified atom stereocenters. The van der Waals surface area contributed by atoms with Crippen molar-refractivity contribution < 1.29 is 4.74 Å². The molecule has 4 heteroatoms. The van der Waals surface area contributed by atoms with Gasteiger partial charge in [0.2, 0.25) is 0 Å². The summed E-state index contributed by atoms with van der Waals surface area (Å²) in [4.78, 5) is 0. The van der Waals surface area contributed by atoms with Crippen molar-refractivity contribution in [1.82, 2.24) is 0 Å². The summed E-state index contributed by atoms with van der Waals surface area (Å²) >= 11 is 12.7. The summed E-state index contributed by atoms with van der Waals surface area (Å²) in [7, 11) is 0. The summed E-state index contributed by atoms with van der Waals surface area (Å²) in [5.74, 6) is 1.62. The van der Waals surface area contributed by atoms with Crippen LogP contribution in [0.5, 0.6) is 11.5 Å². The Bertz CT molecular complexity index is 511.